The highest BCUT2D eigenvalue weighted by atomic mass is 16.7. The molecule has 7 nitrogen and oxygen atoms in total. The minimum Gasteiger partial charge on any atom is -0.466 e. The average Bonchev–Trinajstić information content (AvgIpc) is 3.08. The largest absolute Gasteiger partial charge is 0.466 e. The first-order valence-corrected chi connectivity index (χ1v) is 9.76. The third kappa shape index (κ3) is 5.06. The van der Waals surface area contributed by atoms with Crippen LogP contribution in [0, 0.1) is 0 Å². The van der Waals surface area contributed by atoms with Crippen molar-refractivity contribution in [2.24, 2.45) is 16.6 Å². The molecular weight excluding hydrogens is 344 g/mol. The molecule has 0 aromatic heterocycles. The summed E-state index contributed by atoms with van der Waals surface area (Å²) in [6.07, 6.45) is 3.60. The van der Waals surface area contributed by atoms with Crippen LogP contribution in [-0.2, 0) is 14.4 Å². The van der Waals surface area contributed by atoms with Gasteiger partial charge in [-0.05, 0) is 31.0 Å². The highest BCUT2D eigenvalue weighted by Gasteiger charge is 2.42. The summed E-state index contributed by atoms with van der Waals surface area (Å²) in [5, 5.41) is 4.36. The van der Waals surface area contributed by atoms with Gasteiger partial charge in [-0.1, -0.05) is 29.4 Å². The van der Waals surface area contributed by atoms with Gasteiger partial charge in [0.25, 0.3) is 0 Å². The van der Waals surface area contributed by atoms with E-state index in [2.05, 4.69) is 10.1 Å². The van der Waals surface area contributed by atoms with Gasteiger partial charge in [-0.25, -0.2) is 0 Å². The molecule has 2 aliphatic heterocycles. The second-order valence-corrected chi connectivity index (χ2v) is 7.39. The summed E-state index contributed by atoms with van der Waals surface area (Å²) in [7, 11) is 0. The number of esters is 1. The van der Waals surface area contributed by atoms with Crippen LogP contribution in [0.4, 0.5) is 0 Å². The summed E-state index contributed by atoms with van der Waals surface area (Å²) in [4.78, 5) is 19.7. The third-order valence-corrected chi connectivity index (χ3v) is 5.40. The van der Waals surface area contributed by atoms with Gasteiger partial charge in [0.15, 0.2) is 0 Å². The number of likely N-dealkylation sites (tertiary alicyclic amines) is 1. The zero-order valence-electron chi connectivity index (χ0n) is 16.0. The van der Waals surface area contributed by atoms with Gasteiger partial charge in [0.1, 0.15) is 5.60 Å². The Hall–Kier alpha value is -1.96. The van der Waals surface area contributed by atoms with Crippen molar-refractivity contribution >= 4 is 11.7 Å². The Morgan fingerprint density at radius 2 is 2.00 bits per heavy atom. The van der Waals surface area contributed by atoms with Crippen LogP contribution in [0.3, 0.4) is 0 Å². The Bertz CT molecular complexity index is 664. The standard InChI is InChI=1S/C20H30N4O3/c1-2-26-18(25)4-3-11-24-12-9-20(10-13-24)14-17(23-27-20)15-5-7-16(8-6-15)19(21)22/h5-8,19H,2-4,9-14,21-22H2,1H3. The van der Waals surface area contributed by atoms with Crippen LogP contribution in [-0.4, -0.2) is 48.4 Å². The lowest BCUT2D eigenvalue weighted by Crippen LogP contribution is -2.44. The molecule has 0 radical (unpaired) electrons. The highest BCUT2D eigenvalue weighted by Crippen LogP contribution is 2.36. The molecule has 2 heterocycles. The van der Waals surface area contributed by atoms with E-state index in [1.54, 1.807) is 0 Å². The third-order valence-electron chi connectivity index (χ3n) is 5.40. The molecule has 3 rings (SSSR count). The number of piperidine rings is 1. The molecule has 1 aromatic rings. The van der Waals surface area contributed by atoms with Crippen LogP contribution in [0.1, 0.15) is 56.3 Å². The molecule has 1 spiro atoms. The van der Waals surface area contributed by atoms with Crippen LogP contribution < -0.4 is 11.5 Å². The lowest BCUT2D eigenvalue weighted by molar-refractivity contribution is -0.143. The van der Waals surface area contributed by atoms with Gasteiger partial charge < -0.3 is 25.9 Å². The zero-order valence-corrected chi connectivity index (χ0v) is 16.0. The van der Waals surface area contributed by atoms with Gasteiger partial charge in [-0.3, -0.25) is 4.79 Å². The lowest BCUT2D eigenvalue weighted by atomic mass is 9.85. The molecule has 0 amide bonds. The van der Waals surface area contributed by atoms with Gasteiger partial charge in [-0.2, -0.15) is 0 Å². The number of rotatable bonds is 7. The van der Waals surface area contributed by atoms with Crippen molar-refractivity contribution in [1.29, 1.82) is 0 Å². The molecular formula is C20H30N4O3. The first-order valence-electron chi connectivity index (χ1n) is 9.76. The second kappa shape index (κ2) is 8.82. The number of benzene rings is 1. The number of hydrogen-bond acceptors (Lipinski definition) is 7. The number of nitrogens with zero attached hydrogens (tertiary/aromatic N) is 2. The van der Waals surface area contributed by atoms with Gasteiger partial charge >= 0.3 is 5.97 Å². The number of oxime groups is 1. The molecule has 27 heavy (non-hydrogen) atoms. The fraction of sp³-hybridized carbons (Fsp3) is 0.600. The molecule has 7 heteroatoms. The maximum absolute atomic E-state index is 11.4. The molecule has 0 atom stereocenters. The predicted molar refractivity (Wildman–Crippen MR) is 104 cm³/mol. The Morgan fingerprint density at radius 1 is 1.30 bits per heavy atom. The van der Waals surface area contributed by atoms with Gasteiger partial charge in [0, 0.05) is 38.8 Å². The van der Waals surface area contributed by atoms with Crippen molar-refractivity contribution in [2.75, 3.05) is 26.2 Å². The first kappa shape index (κ1) is 19.8. The van der Waals surface area contributed by atoms with Crippen LogP contribution >= 0.6 is 0 Å². The van der Waals surface area contributed by atoms with Crippen molar-refractivity contribution < 1.29 is 14.4 Å². The highest BCUT2D eigenvalue weighted by molar-refractivity contribution is 6.01. The molecule has 0 unspecified atom stereocenters. The van der Waals surface area contributed by atoms with E-state index in [9.17, 15) is 4.79 Å². The minimum absolute atomic E-state index is 0.107. The molecule has 1 aromatic carbocycles. The van der Waals surface area contributed by atoms with Crippen LogP contribution in [0.5, 0.6) is 0 Å². The fourth-order valence-electron chi connectivity index (χ4n) is 3.71. The van der Waals surface area contributed by atoms with Crippen molar-refractivity contribution in [3.63, 3.8) is 0 Å². The zero-order chi connectivity index (χ0) is 19.3. The lowest BCUT2D eigenvalue weighted by Gasteiger charge is -2.37. The average molecular weight is 374 g/mol. The SMILES string of the molecule is CCOC(=O)CCCN1CCC2(CC1)CC(c1ccc(C(N)N)cc1)=NO2. The van der Waals surface area contributed by atoms with Crippen molar-refractivity contribution in [1.82, 2.24) is 4.90 Å². The van der Waals surface area contributed by atoms with Gasteiger partial charge in [0.05, 0.1) is 18.5 Å². The van der Waals surface area contributed by atoms with Crippen LogP contribution in [0.15, 0.2) is 29.4 Å². The van der Waals surface area contributed by atoms with Crippen molar-refractivity contribution in [3.8, 4) is 0 Å². The fourth-order valence-corrected chi connectivity index (χ4v) is 3.71. The molecule has 0 aliphatic carbocycles. The summed E-state index contributed by atoms with van der Waals surface area (Å²) in [5.41, 5.74) is 14.2. The van der Waals surface area contributed by atoms with E-state index < -0.39 is 6.17 Å². The minimum atomic E-state index is -0.458. The molecule has 4 N–H and O–H groups in total. The Morgan fingerprint density at radius 3 is 2.63 bits per heavy atom. The molecule has 0 bridgehead atoms. The Balaban J connectivity index is 1.45. The van der Waals surface area contributed by atoms with Gasteiger partial charge in [-0.15, -0.1) is 0 Å². The molecule has 1 saturated heterocycles. The number of carbonyl (C=O) groups is 1. The summed E-state index contributed by atoms with van der Waals surface area (Å²) < 4.78 is 4.98. The number of carbonyl (C=O) groups excluding carboxylic acids is 1. The quantitative estimate of drug-likeness (QED) is 0.558. The smallest absolute Gasteiger partial charge is 0.305 e. The summed E-state index contributed by atoms with van der Waals surface area (Å²) in [5.74, 6) is -0.107. The number of ether oxygens (including phenoxy) is 1. The van der Waals surface area contributed by atoms with E-state index in [4.69, 9.17) is 21.0 Å². The normalized spacial score (nSPS) is 19.2. The Kier molecular flexibility index (Phi) is 6.46. The maximum Gasteiger partial charge on any atom is 0.305 e. The van der Waals surface area contributed by atoms with E-state index in [1.807, 2.05) is 31.2 Å². The van der Waals surface area contributed by atoms with E-state index in [-0.39, 0.29) is 11.6 Å². The van der Waals surface area contributed by atoms with Crippen LogP contribution in [0.2, 0.25) is 0 Å². The van der Waals surface area contributed by atoms with Gasteiger partial charge in [0.2, 0.25) is 0 Å². The summed E-state index contributed by atoms with van der Waals surface area (Å²) >= 11 is 0. The van der Waals surface area contributed by atoms with E-state index >= 15 is 0 Å². The van der Waals surface area contributed by atoms with Crippen molar-refractivity contribution in [3.05, 3.63) is 35.4 Å². The van der Waals surface area contributed by atoms with E-state index in [0.29, 0.717) is 13.0 Å². The second-order valence-electron chi connectivity index (χ2n) is 7.39. The van der Waals surface area contributed by atoms with E-state index in [1.165, 1.54) is 0 Å². The summed E-state index contributed by atoms with van der Waals surface area (Å²) in [6.45, 7) is 5.14. The first-order chi connectivity index (χ1) is 13.0. The molecule has 0 saturated carbocycles. The van der Waals surface area contributed by atoms with Crippen molar-refractivity contribution in [2.45, 2.75) is 50.8 Å². The predicted octanol–water partition coefficient (Wildman–Crippen LogP) is 1.90. The molecule has 148 valence electrons. The summed E-state index contributed by atoms with van der Waals surface area (Å²) in [6, 6.07) is 7.90. The Labute approximate surface area is 160 Å². The topological polar surface area (TPSA) is 103 Å². The van der Waals surface area contributed by atoms with E-state index in [0.717, 1.165) is 62.2 Å². The maximum atomic E-state index is 11.4. The molecule has 2 aliphatic rings. The van der Waals surface area contributed by atoms with Crippen LogP contribution in [0.25, 0.3) is 0 Å². The number of nitrogens with two attached hydrogens (primary N) is 2. The molecule has 1 fully saturated rings. The number of hydrogen-bond donors (Lipinski definition) is 2. The monoisotopic (exact) mass is 374 g/mol.